The third-order valence-electron chi connectivity index (χ3n) is 3.35. The summed E-state index contributed by atoms with van der Waals surface area (Å²) >= 11 is 0. The summed E-state index contributed by atoms with van der Waals surface area (Å²) in [6.07, 6.45) is 0.775. The molecule has 0 saturated heterocycles. The number of nitrogens with zero attached hydrogens (tertiary/aromatic N) is 1. The molecule has 0 bridgehead atoms. The van der Waals surface area contributed by atoms with Gasteiger partial charge in [-0.3, -0.25) is 0 Å². The van der Waals surface area contributed by atoms with Crippen LogP contribution in [0, 0.1) is 11.6 Å². The van der Waals surface area contributed by atoms with Crippen LogP contribution in [0.3, 0.4) is 0 Å². The fourth-order valence-electron chi connectivity index (χ4n) is 2.09. The molecule has 0 fully saturated rings. The third-order valence-corrected chi connectivity index (χ3v) is 3.35. The number of likely N-dealkylation sites (N-methyl/N-ethyl adjacent to an activating group) is 1. The van der Waals surface area contributed by atoms with Gasteiger partial charge >= 0.3 is 0 Å². The molecule has 2 nitrogen and oxygen atoms in total. The summed E-state index contributed by atoms with van der Waals surface area (Å²) < 4.78 is 27.7. The number of anilines is 1. The maximum absolute atomic E-state index is 14.0. The van der Waals surface area contributed by atoms with E-state index in [4.69, 9.17) is 5.73 Å². The first-order valence-corrected chi connectivity index (χ1v) is 6.55. The first-order valence-electron chi connectivity index (χ1n) is 6.55. The Morgan fingerprint density at radius 1 is 1.00 bits per heavy atom. The van der Waals surface area contributed by atoms with Crippen molar-refractivity contribution in [2.45, 2.75) is 13.0 Å². The minimum atomic E-state index is -0.850. The maximum atomic E-state index is 14.0. The van der Waals surface area contributed by atoms with E-state index in [0.717, 1.165) is 6.42 Å². The summed E-state index contributed by atoms with van der Waals surface area (Å²) in [4.78, 5) is 1.71. The van der Waals surface area contributed by atoms with Gasteiger partial charge in [0, 0.05) is 25.7 Å². The number of halogens is 2. The number of hydrogen-bond donors (Lipinski definition) is 1. The Morgan fingerprint density at radius 3 is 2.35 bits per heavy atom. The molecule has 2 aromatic rings. The summed E-state index contributed by atoms with van der Waals surface area (Å²) in [5.74, 6) is -1.68. The van der Waals surface area contributed by atoms with Crippen molar-refractivity contribution in [1.82, 2.24) is 0 Å². The lowest BCUT2D eigenvalue weighted by atomic mass is 10.1. The minimum Gasteiger partial charge on any atom is -0.372 e. The molecule has 0 aliphatic heterocycles. The van der Waals surface area contributed by atoms with Crippen LogP contribution >= 0.6 is 0 Å². The fraction of sp³-hybridized carbons (Fsp3) is 0.250. The van der Waals surface area contributed by atoms with Crippen LogP contribution in [0.1, 0.15) is 11.1 Å². The van der Waals surface area contributed by atoms with Crippen LogP contribution in [-0.2, 0) is 13.0 Å². The summed E-state index contributed by atoms with van der Waals surface area (Å²) in [5, 5.41) is 0. The Labute approximate surface area is 117 Å². The van der Waals surface area contributed by atoms with Crippen LogP contribution in [0.2, 0.25) is 0 Å². The zero-order valence-corrected chi connectivity index (χ0v) is 11.4. The Balaban J connectivity index is 2.10. The smallest absolute Gasteiger partial charge is 0.182 e. The van der Waals surface area contributed by atoms with E-state index >= 15 is 0 Å². The van der Waals surface area contributed by atoms with Crippen LogP contribution in [-0.4, -0.2) is 13.6 Å². The average molecular weight is 276 g/mol. The normalized spacial score (nSPS) is 10.6. The van der Waals surface area contributed by atoms with Gasteiger partial charge in [-0.05, 0) is 18.1 Å². The molecule has 0 amide bonds. The Bertz CT molecular complexity index is 570. The molecule has 0 unspecified atom stereocenters. The molecule has 0 heterocycles. The summed E-state index contributed by atoms with van der Waals surface area (Å²) in [6.45, 7) is 0.610. The first kappa shape index (κ1) is 14.5. The Morgan fingerprint density at radius 2 is 1.70 bits per heavy atom. The monoisotopic (exact) mass is 276 g/mol. The van der Waals surface area contributed by atoms with Crippen LogP contribution < -0.4 is 10.6 Å². The highest BCUT2D eigenvalue weighted by Gasteiger charge is 2.15. The van der Waals surface area contributed by atoms with E-state index in [-0.39, 0.29) is 17.8 Å². The highest BCUT2D eigenvalue weighted by atomic mass is 19.2. The predicted octanol–water partition coefficient (Wildman–Crippen LogP) is 3.10. The van der Waals surface area contributed by atoms with Gasteiger partial charge in [0.2, 0.25) is 0 Å². The van der Waals surface area contributed by atoms with Crippen LogP contribution in [0.25, 0.3) is 0 Å². The van der Waals surface area contributed by atoms with Crippen molar-refractivity contribution in [3.63, 3.8) is 0 Å². The lowest BCUT2D eigenvalue weighted by molar-refractivity contribution is 0.498. The van der Waals surface area contributed by atoms with E-state index in [1.807, 2.05) is 30.3 Å². The number of hydrogen-bond acceptors (Lipinski definition) is 2. The second-order valence-electron chi connectivity index (χ2n) is 4.73. The molecule has 4 heteroatoms. The molecule has 20 heavy (non-hydrogen) atoms. The molecule has 2 aromatic carbocycles. The Kier molecular flexibility index (Phi) is 4.69. The molecule has 0 spiro atoms. The Hall–Kier alpha value is -1.94. The molecular weight excluding hydrogens is 258 g/mol. The zero-order valence-electron chi connectivity index (χ0n) is 11.4. The summed E-state index contributed by atoms with van der Waals surface area (Å²) in [6, 6.07) is 13.0. The third kappa shape index (κ3) is 3.14. The summed E-state index contributed by atoms with van der Waals surface area (Å²) in [7, 11) is 1.75. The number of rotatable bonds is 5. The average Bonchev–Trinajstić information content (AvgIpc) is 2.48. The second-order valence-corrected chi connectivity index (χ2v) is 4.73. The molecule has 106 valence electrons. The largest absolute Gasteiger partial charge is 0.372 e. The van der Waals surface area contributed by atoms with Crippen LogP contribution in [0.5, 0.6) is 0 Å². The van der Waals surface area contributed by atoms with Gasteiger partial charge in [0.25, 0.3) is 0 Å². The van der Waals surface area contributed by atoms with Crippen molar-refractivity contribution in [3.05, 3.63) is 65.2 Å². The van der Waals surface area contributed by atoms with Crippen molar-refractivity contribution >= 4 is 5.69 Å². The van der Waals surface area contributed by atoms with E-state index in [9.17, 15) is 8.78 Å². The van der Waals surface area contributed by atoms with Gasteiger partial charge in [-0.2, -0.15) is 0 Å². The molecule has 2 rings (SSSR count). The van der Waals surface area contributed by atoms with Gasteiger partial charge in [-0.15, -0.1) is 0 Å². The fourth-order valence-corrected chi connectivity index (χ4v) is 2.09. The number of nitrogens with two attached hydrogens (primary N) is 1. The number of benzene rings is 2. The van der Waals surface area contributed by atoms with E-state index in [1.54, 1.807) is 18.0 Å². The molecule has 0 radical (unpaired) electrons. The van der Waals surface area contributed by atoms with Crippen molar-refractivity contribution in [3.8, 4) is 0 Å². The van der Waals surface area contributed by atoms with Crippen LogP contribution in [0.15, 0.2) is 42.5 Å². The quantitative estimate of drug-likeness (QED) is 0.909. The van der Waals surface area contributed by atoms with Gasteiger partial charge in [0.1, 0.15) is 0 Å². The van der Waals surface area contributed by atoms with Crippen LogP contribution in [0.4, 0.5) is 14.5 Å². The molecule has 2 N–H and O–H groups in total. The lowest BCUT2D eigenvalue weighted by Gasteiger charge is -2.20. The van der Waals surface area contributed by atoms with E-state index in [0.29, 0.717) is 6.54 Å². The predicted molar refractivity (Wildman–Crippen MR) is 77.7 cm³/mol. The van der Waals surface area contributed by atoms with Gasteiger partial charge in [-0.1, -0.05) is 36.4 Å². The second kappa shape index (κ2) is 6.48. The molecule has 0 saturated carbocycles. The van der Waals surface area contributed by atoms with Gasteiger partial charge in [-0.25, -0.2) is 8.78 Å². The van der Waals surface area contributed by atoms with Crippen molar-refractivity contribution in [2.24, 2.45) is 5.73 Å². The summed E-state index contributed by atoms with van der Waals surface area (Å²) in [5.41, 5.74) is 6.98. The van der Waals surface area contributed by atoms with Gasteiger partial charge < -0.3 is 10.6 Å². The topological polar surface area (TPSA) is 29.3 Å². The first-order chi connectivity index (χ1) is 9.63. The van der Waals surface area contributed by atoms with Gasteiger partial charge in [0.15, 0.2) is 11.6 Å². The molecule has 0 aromatic heterocycles. The zero-order chi connectivity index (χ0) is 14.5. The van der Waals surface area contributed by atoms with E-state index in [1.165, 1.54) is 11.6 Å². The highest BCUT2D eigenvalue weighted by Crippen LogP contribution is 2.23. The SMILES string of the molecule is CN(CCc1ccccc1)c1ccc(CN)c(F)c1F. The molecule has 0 atom stereocenters. The van der Waals surface area contributed by atoms with Gasteiger partial charge in [0.05, 0.1) is 5.69 Å². The highest BCUT2D eigenvalue weighted by molar-refractivity contribution is 5.49. The lowest BCUT2D eigenvalue weighted by Crippen LogP contribution is -2.22. The maximum Gasteiger partial charge on any atom is 0.182 e. The minimum absolute atomic E-state index is 0.00321. The van der Waals surface area contributed by atoms with Crippen molar-refractivity contribution in [1.29, 1.82) is 0 Å². The van der Waals surface area contributed by atoms with Crippen molar-refractivity contribution < 1.29 is 8.78 Å². The van der Waals surface area contributed by atoms with E-state index < -0.39 is 11.6 Å². The van der Waals surface area contributed by atoms with E-state index in [2.05, 4.69) is 0 Å². The standard InChI is InChI=1S/C16H18F2N2/c1-20(10-9-12-5-3-2-4-6-12)14-8-7-13(11-19)15(17)16(14)18/h2-8H,9-11,19H2,1H3. The van der Waals surface area contributed by atoms with Crippen molar-refractivity contribution in [2.75, 3.05) is 18.5 Å². The molecule has 0 aliphatic rings. The molecular formula is C16H18F2N2. The molecule has 0 aliphatic carbocycles.